The van der Waals surface area contributed by atoms with Gasteiger partial charge in [-0.3, -0.25) is 6.08 Å². The maximum atomic E-state index is 2.99. The Labute approximate surface area is 126 Å². The molecule has 1 heterocycles. The zero-order valence-corrected chi connectivity index (χ0v) is 13.4. The Bertz CT molecular complexity index is 248. The molecule has 2 rings (SSSR count). The van der Waals surface area contributed by atoms with E-state index in [0.717, 1.165) is 6.42 Å². The van der Waals surface area contributed by atoms with Gasteiger partial charge in [-0.15, -0.1) is 12.6 Å². The van der Waals surface area contributed by atoms with Crippen LogP contribution in [0.3, 0.4) is 0 Å². The van der Waals surface area contributed by atoms with Crippen molar-refractivity contribution in [3.63, 3.8) is 0 Å². The number of allylic oxidation sites excluding steroid dienone is 4. The van der Waals surface area contributed by atoms with Gasteiger partial charge < -0.3 is 29.8 Å². The Balaban J connectivity index is -0.000000151. The zero-order chi connectivity index (χ0) is 10.6. The molecule has 0 bridgehead atoms. The first kappa shape index (κ1) is 21.4. The Morgan fingerprint density at radius 3 is 2.06 bits per heavy atom. The average molecular weight is 335 g/mol. The van der Waals surface area contributed by atoms with Crippen LogP contribution in [0, 0.1) is 12.3 Å². The predicted octanol–water partition coefficient (Wildman–Crippen LogP) is -3.13. The third-order valence-electron chi connectivity index (χ3n) is 1.03. The molecule has 0 aromatic carbocycles. The van der Waals surface area contributed by atoms with E-state index in [2.05, 4.69) is 37.2 Å². The molecule has 0 spiro atoms. The molecule has 1 nitrogen and oxygen atoms in total. The van der Waals surface area contributed by atoms with Crippen molar-refractivity contribution in [1.29, 1.82) is 0 Å². The Morgan fingerprint density at radius 2 is 1.94 bits per heavy atom. The van der Waals surface area contributed by atoms with E-state index >= 15 is 0 Å². The molecule has 1 aromatic rings. The Morgan fingerprint density at radius 1 is 1.31 bits per heavy atom. The summed E-state index contributed by atoms with van der Waals surface area (Å²) in [5.41, 5.74) is 0. The maximum Gasteiger partial charge on any atom is -0.108 e. The molecule has 1 N–H and O–H groups in total. The minimum atomic E-state index is 0. The first-order valence-corrected chi connectivity index (χ1v) is 5.69. The van der Waals surface area contributed by atoms with Crippen molar-refractivity contribution in [2.24, 2.45) is 0 Å². The standard InChI is InChI=1S/C5H5.C4H4N.C3H6.2ClH.Zr/c2*1-2-4-5-3-1;1-3-2;;;/h1-3H,4H2;1-3,5H;1-2H3;2*1H;/q2*-1;;;;+2/p-2. The van der Waals surface area contributed by atoms with E-state index in [-0.39, 0.29) is 24.8 Å². The summed E-state index contributed by atoms with van der Waals surface area (Å²) >= 11 is 1.55. The molecule has 1 aromatic heterocycles. The zero-order valence-electron chi connectivity index (χ0n) is 9.43. The molecule has 16 heavy (non-hydrogen) atoms. The minimum absolute atomic E-state index is 0. The van der Waals surface area contributed by atoms with Gasteiger partial charge in [-0.05, 0) is 0 Å². The van der Waals surface area contributed by atoms with Gasteiger partial charge in [0.1, 0.15) is 0 Å². The summed E-state index contributed by atoms with van der Waals surface area (Å²) in [7, 11) is 0. The molecule has 0 unspecified atom stereocenters. The Kier molecular flexibility index (Phi) is 23.4. The third kappa shape index (κ3) is 23.7. The van der Waals surface area contributed by atoms with Crippen LogP contribution in [-0.2, 0) is 24.2 Å². The summed E-state index contributed by atoms with van der Waals surface area (Å²) in [4.78, 5) is 2.74. The van der Waals surface area contributed by atoms with E-state index in [1.807, 2.05) is 30.5 Å². The normalized spacial score (nSPS) is 9.75. The molecular formula is C12H15Cl2NZr-2. The van der Waals surface area contributed by atoms with Crippen molar-refractivity contribution in [1.82, 2.24) is 4.98 Å². The largest absolute Gasteiger partial charge is 1.00 e. The number of nitrogens with one attached hydrogen (secondary N) is 1. The second-order valence-electron chi connectivity index (χ2n) is 2.82. The van der Waals surface area contributed by atoms with Crippen molar-refractivity contribution in [3.05, 3.63) is 48.8 Å². The summed E-state index contributed by atoms with van der Waals surface area (Å²) in [5.74, 6) is 0. The van der Waals surface area contributed by atoms with Crippen LogP contribution in [0.1, 0.15) is 20.3 Å². The van der Waals surface area contributed by atoms with Crippen LogP contribution in [-0.4, -0.2) is 8.19 Å². The van der Waals surface area contributed by atoms with Crippen LogP contribution < -0.4 is 24.8 Å². The van der Waals surface area contributed by atoms with E-state index in [1.165, 1.54) is 3.21 Å². The summed E-state index contributed by atoms with van der Waals surface area (Å²) < 4.78 is 1.51. The molecule has 1 aliphatic rings. The molecule has 0 amide bonds. The SMILES string of the molecule is C[C](C)=[Zr+2].[C-]1=CC=CC1.[Cl-].[Cl-].[c-]1ccc[nH]1. The van der Waals surface area contributed by atoms with Crippen molar-refractivity contribution >= 4 is 3.21 Å². The number of rotatable bonds is 0. The fraction of sp³-hybridized carbons (Fsp3) is 0.250. The molecule has 88 valence electrons. The van der Waals surface area contributed by atoms with Gasteiger partial charge in [0.2, 0.25) is 0 Å². The number of aromatic nitrogens is 1. The van der Waals surface area contributed by atoms with Crippen LogP contribution in [0.4, 0.5) is 0 Å². The molecule has 4 heteroatoms. The smallest absolute Gasteiger partial charge is 0.108 e. The van der Waals surface area contributed by atoms with E-state index in [0.29, 0.717) is 0 Å². The maximum absolute atomic E-state index is 2.99. The minimum Gasteiger partial charge on any atom is -1.00 e. The second-order valence-corrected chi connectivity index (χ2v) is 5.28. The van der Waals surface area contributed by atoms with Gasteiger partial charge in [0, 0.05) is 0 Å². The molecule has 0 radical (unpaired) electrons. The van der Waals surface area contributed by atoms with E-state index in [9.17, 15) is 0 Å². The van der Waals surface area contributed by atoms with Crippen molar-refractivity contribution in [2.75, 3.05) is 0 Å². The fourth-order valence-corrected chi connectivity index (χ4v) is 0.581. The van der Waals surface area contributed by atoms with Crippen LogP contribution in [0.5, 0.6) is 0 Å². The summed E-state index contributed by atoms with van der Waals surface area (Å²) in [6.45, 7) is 4.25. The number of hydrogen-bond acceptors (Lipinski definition) is 0. The van der Waals surface area contributed by atoms with Gasteiger partial charge in [-0.25, -0.2) is 12.2 Å². The molecule has 0 saturated carbocycles. The van der Waals surface area contributed by atoms with Gasteiger partial charge in [0.15, 0.2) is 0 Å². The molecule has 1 aliphatic carbocycles. The molecule has 0 aliphatic heterocycles. The second kappa shape index (κ2) is 17.5. The quantitative estimate of drug-likeness (QED) is 0.483. The summed E-state index contributed by atoms with van der Waals surface area (Å²) in [6.07, 6.45) is 14.6. The Hall–Kier alpha value is 0.0931. The number of aromatic amines is 1. The molecule has 0 fully saturated rings. The van der Waals surface area contributed by atoms with Crippen LogP contribution in [0.2, 0.25) is 0 Å². The summed E-state index contributed by atoms with van der Waals surface area (Å²) in [5, 5.41) is 0. The first-order valence-electron chi connectivity index (χ1n) is 4.46. The first-order chi connectivity index (χ1) is 6.73. The summed E-state index contributed by atoms with van der Waals surface area (Å²) in [6, 6.07) is 3.71. The number of H-pyrrole nitrogens is 1. The predicted molar refractivity (Wildman–Crippen MR) is 57.6 cm³/mol. The topological polar surface area (TPSA) is 15.8 Å². The van der Waals surface area contributed by atoms with Gasteiger partial charge in [-0.1, -0.05) is 0 Å². The fourth-order valence-electron chi connectivity index (χ4n) is 0.581. The van der Waals surface area contributed by atoms with E-state index in [1.54, 1.807) is 24.2 Å². The number of halogens is 2. The van der Waals surface area contributed by atoms with Gasteiger partial charge in [0.05, 0.1) is 0 Å². The average Bonchev–Trinajstić information content (AvgIpc) is 2.83. The van der Waals surface area contributed by atoms with Crippen LogP contribution in [0.15, 0.2) is 36.6 Å². The third-order valence-corrected chi connectivity index (χ3v) is 1.03. The van der Waals surface area contributed by atoms with Gasteiger partial charge in [-0.2, -0.15) is 24.4 Å². The van der Waals surface area contributed by atoms with Crippen molar-refractivity contribution in [3.8, 4) is 0 Å². The molecule has 0 atom stereocenters. The van der Waals surface area contributed by atoms with Crippen LogP contribution >= 0.6 is 0 Å². The number of hydrogen-bond donors (Lipinski definition) is 1. The van der Waals surface area contributed by atoms with Gasteiger partial charge >= 0.3 is 41.3 Å². The molecule has 0 saturated heterocycles. The van der Waals surface area contributed by atoms with Crippen LogP contribution in [0.25, 0.3) is 0 Å². The van der Waals surface area contributed by atoms with E-state index in [4.69, 9.17) is 0 Å². The van der Waals surface area contributed by atoms with Gasteiger partial charge in [0.25, 0.3) is 0 Å². The van der Waals surface area contributed by atoms with E-state index < -0.39 is 0 Å². The molecular weight excluding hydrogens is 320 g/mol. The van der Waals surface area contributed by atoms with Crippen molar-refractivity contribution < 1.29 is 49.0 Å². The van der Waals surface area contributed by atoms with Crippen molar-refractivity contribution in [2.45, 2.75) is 20.3 Å². The monoisotopic (exact) mass is 333 g/mol.